The first-order chi connectivity index (χ1) is 11.0. The van der Waals surface area contributed by atoms with E-state index in [0.29, 0.717) is 24.2 Å². The van der Waals surface area contributed by atoms with E-state index in [1.807, 2.05) is 0 Å². The summed E-state index contributed by atoms with van der Waals surface area (Å²) in [4.78, 5) is 13.9. The van der Waals surface area contributed by atoms with Gasteiger partial charge in [0.2, 0.25) is 5.91 Å². The van der Waals surface area contributed by atoms with Gasteiger partial charge in [-0.3, -0.25) is 4.79 Å². The molecule has 0 spiro atoms. The van der Waals surface area contributed by atoms with Gasteiger partial charge in [-0.15, -0.1) is 0 Å². The molecule has 1 atom stereocenters. The van der Waals surface area contributed by atoms with E-state index in [-0.39, 0.29) is 24.6 Å². The Labute approximate surface area is 132 Å². The number of carbonyl (C=O) groups excluding carboxylic acids is 1. The maximum Gasteiger partial charge on any atom is 0.227 e. The number of ether oxygens (including phenoxy) is 1. The minimum absolute atomic E-state index is 0.0653. The molecule has 1 aliphatic rings. The number of benzene rings is 1. The van der Waals surface area contributed by atoms with Crippen molar-refractivity contribution in [1.29, 1.82) is 0 Å². The molecule has 3 rings (SSSR count). The third kappa shape index (κ3) is 3.02. The molecule has 0 bridgehead atoms. The topological polar surface area (TPSA) is 91.3 Å². The fraction of sp³-hybridized carbons (Fsp3) is 0.400. The first-order valence-electron chi connectivity index (χ1n) is 7.21. The Kier molecular flexibility index (Phi) is 3.99. The van der Waals surface area contributed by atoms with E-state index in [9.17, 15) is 14.3 Å². The molecule has 2 N–H and O–H groups in total. The summed E-state index contributed by atoms with van der Waals surface area (Å²) in [6, 6.07) is 4.43. The second-order valence-corrected chi connectivity index (χ2v) is 5.60. The standard InChI is InChI=1S/C15H17FN4O3/c1-23-12-3-2-10(6-11(12)16)7-14(21)20-5-4-15(22,9-20)13-8-17-19-18-13/h2-3,6,8,22H,4-5,7,9H2,1H3,(H,17,18,19)/t15-/m1/s1. The predicted octanol–water partition coefficient (Wildman–Crippen LogP) is 0.615. The van der Waals surface area contributed by atoms with Crippen LogP contribution in [0.1, 0.15) is 17.7 Å². The summed E-state index contributed by atoms with van der Waals surface area (Å²) in [7, 11) is 1.39. The number of nitrogens with zero attached hydrogens (tertiary/aromatic N) is 3. The van der Waals surface area contributed by atoms with Crippen molar-refractivity contribution in [3.8, 4) is 5.75 Å². The van der Waals surface area contributed by atoms with Crippen LogP contribution in [-0.2, 0) is 16.8 Å². The summed E-state index contributed by atoms with van der Waals surface area (Å²) in [5.74, 6) is -0.532. The van der Waals surface area contributed by atoms with E-state index in [1.165, 1.54) is 25.4 Å². The number of aromatic nitrogens is 3. The fourth-order valence-electron chi connectivity index (χ4n) is 2.75. The van der Waals surface area contributed by atoms with Gasteiger partial charge in [0.25, 0.3) is 0 Å². The van der Waals surface area contributed by atoms with Crippen molar-refractivity contribution in [2.75, 3.05) is 20.2 Å². The van der Waals surface area contributed by atoms with Gasteiger partial charge in [0, 0.05) is 13.0 Å². The Morgan fingerprint density at radius 2 is 2.39 bits per heavy atom. The highest BCUT2D eigenvalue weighted by Gasteiger charge is 2.41. The molecule has 1 fully saturated rings. The third-order valence-corrected chi connectivity index (χ3v) is 4.06. The van der Waals surface area contributed by atoms with Crippen LogP contribution in [0, 0.1) is 5.82 Å². The smallest absolute Gasteiger partial charge is 0.227 e. The minimum atomic E-state index is -1.19. The zero-order valence-electron chi connectivity index (χ0n) is 12.6. The van der Waals surface area contributed by atoms with Crippen LogP contribution in [0.3, 0.4) is 0 Å². The van der Waals surface area contributed by atoms with Crippen molar-refractivity contribution in [2.24, 2.45) is 0 Å². The largest absolute Gasteiger partial charge is 0.494 e. The average Bonchev–Trinajstić information content (AvgIpc) is 3.18. The van der Waals surface area contributed by atoms with Gasteiger partial charge in [-0.1, -0.05) is 6.07 Å². The zero-order chi connectivity index (χ0) is 16.4. The predicted molar refractivity (Wildman–Crippen MR) is 78.1 cm³/mol. The minimum Gasteiger partial charge on any atom is -0.494 e. The molecule has 1 amide bonds. The van der Waals surface area contributed by atoms with E-state index in [4.69, 9.17) is 4.74 Å². The number of β-amino-alcohol motifs (C(OH)–C–C–N with tert-alkyl or cyclic N) is 1. The second-order valence-electron chi connectivity index (χ2n) is 5.60. The van der Waals surface area contributed by atoms with Crippen LogP contribution in [0.25, 0.3) is 0 Å². The number of hydrogen-bond acceptors (Lipinski definition) is 5. The Hall–Kier alpha value is -2.48. The normalized spacial score (nSPS) is 20.7. The number of amides is 1. The van der Waals surface area contributed by atoms with Gasteiger partial charge in [-0.25, -0.2) is 4.39 Å². The molecule has 1 aromatic carbocycles. The van der Waals surface area contributed by atoms with E-state index in [0.717, 1.165) is 0 Å². The van der Waals surface area contributed by atoms with Crippen LogP contribution in [0.2, 0.25) is 0 Å². The molecule has 1 aromatic heterocycles. The Morgan fingerprint density at radius 1 is 1.57 bits per heavy atom. The van der Waals surface area contributed by atoms with Crippen molar-refractivity contribution in [3.63, 3.8) is 0 Å². The van der Waals surface area contributed by atoms with Gasteiger partial charge in [0.05, 0.1) is 26.3 Å². The van der Waals surface area contributed by atoms with E-state index in [2.05, 4.69) is 15.4 Å². The van der Waals surface area contributed by atoms with Crippen LogP contribution < -0.4 is 4.74 Å². The van der Waals surface area contributed by atoms with Gasteiger partial charge in [0.15, 0.2) is 11.6 Å². The maximum atomic E-state index is 13.7. The van der Waals surface area contributed by atoms with Crippen LogP contribution in [-0.4, -0.2) is 51.5 Å². The van der Waals surface area contributed by atoms with Gasteiger partial charge < -0.3 is 14.7 Å². The second kappa shape index (κ2) is 5.96. The SMILES string of the molecule is COc1ccc(CC(=O)N2CC[C@](O)(c3cn[nH]n3)C2)cc1F. The first kappa shape index (κ1) is 15.4. The number of aliphatic hydroxyl groups is 1. The lowest BCUT2D eigenvalue weighted by atomic mass is 10.00. The van der Waals surface area contributed by atoms with Crippen molar-refractivity contribution < 1.29 is 19.0 Å². The number of H-pyrrole nitrogens is 1. The maximum absolute atomic E-state index is 13.7. The van der Waals surface area contributed by atoms with Crippen LogP contribution in [0.5, 0.6) is 5.75 Å². The molecule has 8 heteroatoms. The van der Waals surface area contributed by atoms with Crippen molar-refractivity contribution in [3.05, 3.63) is 41.5 Å². The molecule has 2 aromatic rings. The quantitative estimate of drug-likeness (QED) is 0.861. The summed E-state index contributed by atoms with van der Waals surface area (Å²) in [5.41, 5.74) is -0.207. The number of aromatic amines is 1. The fourth-order valence-corrected chi connectivity index (χ4v) is 2.75. The lowest BCUT2D eigenvalue weighted by Crippen LogP contribution is -2.35. The molecule has 1 aliphatic heterocycles. The number of halogens is 1. The van der Waals surface area contributed by atoms with Crippen LogP contribution in [0.4, 0.5) is 4.39 Å². The Balaban J connectivity index is 1.67. The average molecular weight is 320 g/mol. The third-order valence-electron chi connectivity index (χ3n) is 4.06. The number of carbonyl (C=O) groups is 1. The molecule has 7 nitrogen and oxygen atoms in total. The molecule has 0 radical (unpaired) electrons. The van der Waals surface area contributed by atoms with Crippen molar-refractivity contribution >= 4 is 5.91 Å². The first-order valence-corrected chi connectivity index (χ1v) is 7.21. The summed E-state index contributed by atoms with van der Waals surface area (Å²) in [6.07, 6.45) is 1.91. The summed E-state index contributed by atoms with van der Waals surface area (Å²) in [6.45, 7) is 0.567. The number of methoxy groups -OCH3 is 1. The molecular weight excluding hydrogens is 303 g/mol. The summed E-state index contributed by atoms with van der Waals surface area (Å²) in [5, 5.41) is 20.6. The molecule has 1 saturated heterocycles. The molecular formula is C15H17FN4O3. The highest BCUT2D eigenvalue weighted by Crippen LogP contribution is 2.30. The number of likely N-dealkylation sites (tertiary alicyclic amines) is 1. The van der Waals surface area contributed by atoms with Crippen LogP contribution >= 0.6 is 0 Å². The van der Waals surface area contributed by atoms with E-state index >= 15 is 0 Å². The highest BCUT2D eigenvalue weighted by atomic mass is 19.1. The van der Waals surface area contributed by atoms with E-state index < -0.39 is 11.4 Å². The highest BCUT2D eigenvalue weighted by molar-refractivity contribution is 5.79. The van der Waals surface area contributed by atoms with Gasteiger partial charge in [0.1, 0.15) is 11.3 Å². The van der Waals surface area contributed by atoms with E-state index in [1.54, 1.807) is 11.0 Å². The summed E-state index contributed by atoms with van der Waals surface area (Å²) >= 11 is 0. The Morgan fingerprint density at radius 3 is 3.04 bits per heavy atom. The molecule has 0 unspecified atom stereocenters. The molecule has 122 valence electrons. The summed E-state index contributed by atoms with van der Waals surface area (Å²) < 4.78 is 18.5. The molecule has 23 heavy (non-hydrogen) atoms. The number of hydrogen-bond donors (Lipinski definition) is 2. The number of nitrogens with one attached hydrogen (secondary N) is 1. The molecule has 0 saturated carbocycles. The van der Waals surface area contributed by atoms with Gasteiger partial charge >= 0.3 is 0 Å². The van der Waals surface area contributed by atoms with Crippen molar-refractivity contribution in [1.82, 2.24) is 20.3 Å². The zero-order valence-corrected chi connectivity index (χ0v) is 12.6. The van der Waals surface area contributed by atoms with Gasteiger partial charge in [-0.05, 0) is 17.7 Å². The Bertz CT molecular complexity index is 707. The monoisotopic (exact) mass is 320 g/mol. The lowest BCUT2D eigenvalue weighted by molar-refractivity contribution is -0.130. The number of rotatable bonds is 4. The lowest BCUT2D eigenvalue weighted by Gasteiger charge is -2.21. The van der Waals surface area contributed by atoms with Crippen LogP contribution in [0.15, 0.2) is 24.4 Å². The molecule has 0 aliphatic carbocycles. The van der Waals surface area contributed by atoms with Crippen molar-refractivity contribution in [2.45, 2.75) is 18.4 Å². The molecule has 2 heterocycles. The van der Waals surface area contributed by atoms with Gasteiger partial charge in [-0.2, -0.15) is 15.4 Å².